The second-order valence-corrected chi connectivity index (χ2v) is 3.81. The Bertz CT molecular complexity index is 363. The maximum Gasteiger partial charge on any atom is 0.226 e. The Labute approximate surface area is 90.7 Å². The van der Waals surface area contributed by atoms with Crippen LogP contribution >= 0.6 is 11.3 Å². The van der Waals surface area contributed by atoms with Gasteiger partial charge in [0.05, 0.1) is 12.1 Å². The number of nitrogens with one attached hydrogen (secondary N) is 1. The highest BCUT2D eigenvalue weighted by Crippen LogP contribution is 2.10. The first-order valence-corrected chi connectivity index (χ1v) is 5.21. The molecule has 1 aromatic rings. The Balaban J connectivity index is 2.27. The molecular formula is C8H12N4O2S. The highest BCUT2D eigenvalue weighted by atomic mass is 32.1. The summed E-state index contributed by atoms with van der Waals surface area (Å²) >= 11 is 1.29. The number of anilines is 1. The van der Waals surface area contributed by atoms with Crippen LogP contribution in [0.2, 0.25) is 0 Å². The third-order valence-corrected chi connectivity index (χ3v) is 2.33. The van der Waals surface area contributed by atoms with Crippen molar-refractivity contribution in [2.24, 2.45) is 5.73 Å². The lowest BCUT2D eigenvalue weighted by Gasteiger charge is -2.01. The molecule has 0 fully saturated rings. The summed E-state index contributed by atoms with van der Waals surface area (Å²) in [5, 5.41) is 4.72. The number of aromatic nitrogens is 1. The standard InChI is InChI=1S/C8H12N4O2S/c9-6(13)1-2-11-7(14)3-5-4-15-8(10)12-5/h4H,1-3H2,(H2,9,13)(H2,10,12)(H,11,14). The van der Waals surface area contributed by atoms with Crippen molar-refractivity contribution in [3.05, 3.63) is 11.1 Å². The molecule has 1 heterocycles. The van der Waals surface area contributed by atoms with E-state index in [2.05, 4.69) is 10.3 Å². The van der Waals surface area contributed by atoms with Crippen molar-refractivity contribution in [1.29, 1.82) is 0 Å². The van der Waals surface area contributed by atoms with Crippen LogP contribution in [0.5, 0.6) is 0 Å². The molecule has 0 spiro atoms. The number of amides is 2. The van der Waals surface area contributed by atoms with E-state index in [9.17, 15) is 9.59 Å². The molecule has 1 aromatic heterocycles. The molecule has 0 atom stereocenters. The van der Waals surface area contributed by atoms with E-state index >= 15 is 0 Å². The van der Waals surface area contributed by atoms with E-state index in [-0.39, 0.29) is 25.3 Å². The second-order valence-electron chi connectivity index (χ2n) is 2.92. The fourth-order valence-corrected chi connectivity index (χ4v) is 1.52. The quantitative estimate of drug-likeness (QED) is 0.616. The number of carbonyl (C=O) groups is 2. The number of rotatable bonds is 5. The monoisotopic (exact) mass is 228 g/mol. The summed E-state index contributed by atoms with van der Waals surface area (Å²) in [5.41, 5.74) is 11.0. The molecule has 0 bridgehead atoms. The van der Waals surface area contributed by atoms with E-state index in [1.165, 1.54) is 11.3 Å². The Kier molecular flexibility index (Phi) is 4.04. The zero-order valence-corrected chi connectivity index (χ0v) is 8.84. The molecule has 0 saturated heterocycles. The largest absolute Gasteiger partial charge is 0.375 e. The fraction of sp³-hybridized carbons (Fsp3) is 0.375. The van der Waals surface area contributed by atoms with Crippen molar-refractivity contribution in [2.45, 2.75) is 12.8 Å². The molecule has 1 rings (SSSR count). The number of thiazole rings is 1. The number of hydrogen-bond acceptors (Lipinski definition) is 5. The van der Waals surface area contributed by atoms with Crippen LogP contribution in [0.3, 0.4) is 0 Å². The summed E-state index contributed by atoms with van der Waals surface area (Å²) < 4.78 is 0. The molecule has 15 heavy (non-hydrogen) atoms. The fourth-order valence-electron chi connectivity index (χ4n) is 0.956. The number of nitrogen functional groups attached to an aromatic ring is 1. The van der Waals surface area contributed by atoms with Gasteiger partial charge in [-0.2, -0.15) is 0 Å². The predicted octanol–water partition coefficient (Wildman–Crippen LogP) is -0.741. The Morgan fingerprint density at radius 3 is 2.80 bits per heavy atom. The highest BCUT2D eigenvalue weighted by molar-refractivity contribution is 7.13. The summed E-state index contributed by atoms with van der Waals surface area (Å²) in [6.45, 7) is 0.258. The van der Waals surface area contributed by atoms with Crippen molar-refractivity contribution in [1.82, 2.24) is 10.3 Å². The topological polar surface area (TPSA) is 111 Å². The van der Waals surface area contributed by atoms with Gasteiger partial charge in [0.25, 0.3) is 0 Å². The zero-order chi connectivity index (χ0) is 11.3. The van der Waals surface area contributed by atoms with Crippen LogP contribution < -0.4 is 16.8 Å². The van der Waals surface area contributed by atoms with Gasteiger partial charge in [-0.1, -0.05) is 0 Å². The van der Waals surface area contributed by atoms with Gasteiger partial charge in [0, 0.05) is 18.3 Å². The summed E-state index contributed by atoms with van der Waals surface area (Å²) in [7, 11) is 0. The van der Waals surface area contributed by atoms with Gasteiger partial charge in [0.2, 0.25) is 11.8 Å². The van der Waals surface area contributed by atoms with E-state index in [0.29, 0.717) is 10.8 Å². The number of nitrogens with zero attached hydrogens (tertiary/aromatic N) is 1. The summed E-state index contributed by atoms with van der Waals surface area (Å²) in [4.78, 5) is 25.6. The lowest BCUT2D eigenvalue weighted by atomic mass is 10.3. The van der Waals surface area contributed by atoms with E-state index in [4.69, 9.17) is 11.5 Å². The molecule has 5 N–H and O–H groups in total. The highest BCUT2D eigenvalue weighted by Gasteiger charge is 2.06. The molecule has 2 amide bonds. The van der Waals surface area contributed by atoms with Crippen LogP contribution in [-0.2, 0) is 16.0 Å². The van der Waals surface area contributed by atoms with Gasteiger partial charge in [0.15, 0.2) is 5.13 Å². The van der Waals surface area contributed by atoms with E-state index in [1.54, 1.807) is 5.38 Å². The Morgan fingerprint density at radius 1 is 1.53 bits per heavy atom. The summed E-state index contributed by atoms with van der Waals surface area (Å²) in [5.74, 6) is -0.630. The van der Waals surface area contributed by atoms with Crippen molar-refractivity contribution < 1.29 is 9.59 Å². The number of primary amides is 1. The lowest BCUT2D eigenvalue weighted by Crippen LogP contribution is -2.29. The average molecular weight is 228 g/mol. The SMILES string of the molecule is NC(=O)CCNC(=O)Cc1csc(N)n1. The molecule has 0 unspecified atom stereocenters. The van der Waals surface area contributed by atoms with Gasteiger partial charge in [-0.15, -0.1) is 11.3 Å². The van der Waals surface area contributed by atoms with Crippen LogP contribution in [-0.4, -0.2) is 23.3 Å². The molecule has 0 aliphatic carbocycles. The molecule has 0 radical (unpaired) electrons. The lowest BCUT2D eigenvalue weighted by molar-refractivity contribution is -0.120. The van der Waals surface area contributed by atoms with Gasteiger partial charge in [-0.25, -0.2) is 4.98 Å². The molecule has 82 valence electrons. The minimum Gasteiger partial charge on any atom is -0.375 e. The van der Waals surface area contributed by atoms with Crippen molar-refractivity contribution in [3.8, 4) is 0 Å². The maximum atomic E-state index is 11.3. The molecule has 7 heteroatoms. The molecule has 6 nitrogen and oxygen atoms in total. The first-order chi connectivity index (χ1) is 7.08. The van der Waals surface area contributed by atoms with Crippen molar-refractivity contribution in [3.63, 3.8) is 0 Å². The normalized spacial score (nSPS) is 9.87. The van der Waals surface area contributed by atoms with E-state index in [0.717, 1.165) is 0 Å². The zero-order valence-electron chi connectivity index (χ0n) is 8.03. The summed E-state index contributed by atoms with van der Waals surface area (Å²) in [6, 6.07) is 0. The average Bonchev–Trinajstić information content (AvgIpc) is 2.50. The van der Waals surface area contributed by atoms with Crippen LogP contribution in [0.1, 0.15) is 12.1 Å². The number of carbonyl (C=O) groups excluding carboxylic acids is 2. The van der Waals surface area contributed by atoms with Crippen LogP contribution in [0.4, 0.5) is 5.13 Å². The van der Waals surface area contributed by atoms with Gasteiger partial charge < -0.3 is 16.8 Å². The van der Waals surface area contributed by atoms with E-state index < -0.39 is 5.91 Å². The number of hydrogen-bond donors (Lipinski definition) is 3. The van der Waals surface area contributed by atoms with Crippen molar-refractivity contribution >= 4 is 28.3 Å². The van der Waals surface area contributed by atoms with Gasteiger partial charge in [0.1, 0.15) is 0 Å². The maximum absolute atomic E-state index is 11.3. The van der Waals surface area contributed by atoms with Gasteiger partial charge >= 0.3 is 0 Å². The Morgan fingerprint density at radius 2 is 2.27 bits per heavy atom. The second kappa shape index (κ2) is 5.30. The molecule has 0 aliphatic rings. The third-order valence-electron chi connectivity index (χ3n) is 1.60. The molecule has 0 saturated carbocycles. The first kappa shape index (κ1) is 11.4. The van der Waals surface area contributed by atoms with Gasteiger partial charge in [-0.05, 0) is 0 Å². The first-order valence-electron chi connectivity index (χ1n) is 4.33. The summed E-state index contributed by atoms with van der Waals surface area (Å²) in [6.07, 6.45) is 0.317. The minimum absolute atomic E-state index is 0.144. The molecule has 0 aliphatic heterocycles. The van der Waals surface area contributed by atoms with Crippen LogP contribution in [0.25, 0.3) is 0 Å². The molecular weight excluding hydrogens is 216 g/mol. The minimum atomic E-state index is -0.437. The van der Waals surface area contributed by atoms with Crippen molar-refractivity contribution in [2.75, 3.05) is 12.3 Å². The smallest absolute Gasteiger partial charge is 0.226 e. The Hall–Kier alpha value is -1.63. The third kappa shape index (κ3) is 4.41. The molecule has 0 aromatic carbocycles. The van der Waals surface area contributed by atoms with Crippen LogP contribution in [0, 0.1) is 0 Å². The number of nitrogens with two attached hydrogens (primary N) is 2. The van der Waals surface area contributed by atoms with E-state index in [1.807, 2.05) is 0 Å². The predicted molar refractivity (Wildman–Crippen MR) is 57.1 cm³/mol. The van der Waals surface area contributed by atoms with Crippen LogP contribution in [0.15, 0.2) is 5.38 Å². The van der Waals surface area contributed by atoms with Gasteiger partial charge in [-0.3, -0.25) is 9.59 Å².